The van der Waals surface area contributed by atoms with Gasteiger partial charge in [0, 0.05) is 19.3 Å². The molecule has 0 saturated carbocycles. The Morgan fingerprint density at radius 2 is 2.46 bits per heavy atom. The lowest BCUT2D eigenvalue weighted by atomic mass is 10.2. The molecule has 4 nitrogen and oxygen atoms in total. The Kier molecular flexibility index (Phi) is 2.42. The lowest BCUT2D eigenvalue weighted by Gasteiger charge is -2.15. The van der Waals surface area contributed by atoms with Gasteiger partial charge in [-0.3, -0.25) is 4.98 Å². The Bertz CT molecular complexity index is 266. The SMILES string of the molecule is OC1CNCC1Oc1cccnc1. The van der Waals surface area contributed by atoms with Crippen LogP contribution in [0, 0.1) is 0 Å². The molecule has 13 heavy (non-hydrogen) atoms. The van der Waals surface area contributed by atoms with Crippen LogP contribution in [0.15, 0.2) is 24.5 Å². The number of β-amino-alcohol motifs (C(OH)–C–C–N with tert-alkyl or cyclic N) is 1. The number of nitrogens with one attached hydrogen (secondary N) is 1. The number of aliphatic hydroxyl groups is 1. The number of aliphatic hydroxyl groups excluding tert-OH is 1. The molecule has 0 spiro atoms. The van der Waals surface area contributed by atoms with Crippen LogP contribution in [0.5, 0.6) is 5.75 Å². The van der Waals surface area contributed by atoms with E-state index in [0.29, 0.717) is 18.8 Å². The molecule has 2 rings (SSSR count). The zero-order valence-electron chi connectivity index (χ0n) is 7.18. The van der Waals surface area contributed by atoms with Gasteiger partial charge in [-0.25, -0.2) is 0 Å². The molecular weight excluding hydrogens is 168 g/mol. The van der Waals surface area contributed by atoms with Crippen LogP contribution in [-0.4, -0.2) is 35.4 Å². The van der Waals surface area contributed by atoms with Crippen molar-refractivity contribution in [2.75, 3.05) is 13.1 Å². The molecule has 2 unspecified atom stereocenters. The third-order valence-electron chi connectivity index (χ3n) is 2.05. The van der Waals surface area contributed by atoms with Gasteiger partial charge in [-0.1, -0.05) is 0 Å². The van der Waals surface area contributed by atoms with E-state index >= 15 is 0 Å². The molecule has 0 aromatic carbocycles. The number of aromatic nitrogens is 1. The summed E-state index contributed by atoms with van der Waals surface area (Å²) in [4.78, 5) is 3.92. The van der Waals surface area contributed by atoms with Gasteiger partial charge in [-0.05, 0) is 12.1 Å². The van der Waals surface area contributed by atoms with Crippen LogP contribution < -0.4 is 10.1 Å². The number of nitrogens with zero attached hydrogens (tertiary/aromatic N) is 1. The summed E-state index contributed by atoms with van der Waals surface area (Å²) in [5.41, 5.74) is 0. The fourth-order valence-corrected chi connectivity index (χ4v) is 1.35. The molecule has 1 saturated heterocycles. The van der Waals surface area contributed by atoms with E-state index in [9.17, 15) is 5.11 Å². The Morgan fingerprint density at radius 1 is 1.54 bits per heavy atom. The van der Waals surface area contributed by atoms with Gasteiger partial charge in [0.05, 0.1) is 6.20 Å². The van der Waals surface area contributed by atoms with Crippen LogP contribution in [-0.2, 0) is 0 Å². The smallest absolute Gasteiger partial charge is 0.138 e. The van der Waals surface area contributed by atoms with E-state index in [0.717, 1.165) is 0 Å². The highest BCUT2D eigenvalue weighted by molar-refractivity contribution is 5.16. The maximum absolute atomic E-state index is 9.44. The molecule has 4 heteroatoms. The summed E-state index contributed by atoms with van der Waals surface area (Å²) in [5, 5.41) is 12.5. The molecule has 1 aliphatic rings. The Morgan fingerprint density at radius 3 is 3.08 bits per heavy atom. The van der Waals surface area contributed by atoms with Crippen LogP contribution in [0.3, 0.4) is 0 Å². The van der Waals surface area contributed by atoms with Crippen molar-refractivity contribution in [1.82, 2.24) is 10.3 Å². The molecule has 1 aromatic rings. The zero-order valence-corrected chi connectivity index (χ0v) is 7.18. The summed E-state index contributed by atoms with van der Waals surface area (Å²) in [7, 11) is 0. The average molecular weight is 180 g/mol. The molecule has 1 fully saturated rings. The van der Waals surface area contributed by atoms with Gasteiger partial charge in [0.25, 0.3) is 0 Å². The summed E-state index contributed by atoms with van der Waals surface area (Å²) >= 11 is 0. The van der Waals surface area contributed by atoms with Gasteiger partial charge in [0.1, 0.15) is 18.0 Å². The van der Waals surface area contributed by atoms with Gasteiger partial charge in [0.2, 0.25) is 0 Å². The van der Waals surface area contributed by atoms with E-state index in [1.165, 1.54) is 0 Å². The topological polar surface area (TPSA) is 54.4 Å². The molecule has 0 amide bonds. The second-order valence-corrected chi connectivity index (χ2v) is 3.07. The van der Waals surface area contributed by atoms with Crippen LogP contribution in [0.1, 0.15) is 0 Å². The quantitative estimate of drug-likeness (QED) is 0.661. The van der Waals surface area contributed by atoms with E-state index in [1.54, 1.807) is 12.4 Å². The average Bonchev–Trinajstić information content (AvgIpc) is 2.54. The minimum Gasteiger partial charge on any atom is -0.485 e. The summed E-state index contributed by atoms with van der Waals surface area (Å²) < 4.78 is 5.51. The van der Waals surface area contributed by atoms with E-state index in [4.69, 9.17) is 4.74 Å². The Labute approximate surface area is 76.6 Å². The first-order valence-electron chi connectivity index (χ1n) is 4.32. The molecule has 0 bridgehead atoms. The highest BCUT2D eigenvalue weighted by Gasteiger charge is 2.26. The standard InChI is InChI=1S/C9H12N2O2/c12-8-5-11-6-9(8)13-7-2-1-3-10-4-7/h1-4,8-9,11-12H,5-6H2. The highest BCUT2D eigenvalue weighted by Crippen LogP contribution is 2.12. The van der Waals surface area contributed by atoms with Gasteiger partial charge in [0.15, 0.2) is 0 Å². The predicted molar refractivity (Wildman–Crippen MR) is 47.5 cm³/mol. The zero-order chi connectivity index (χ0) is 9.10. The summed E-state index contributed by atoms with van der Waals surface area (Å²) in [6.07, 6.45) is 2.77. The van der Waals surface area contributed by atoms with Crippen LogP contribution in [0.4, 0.5) is 0 Å². The molecule has 2 heterocycles. The highest BCUT2D eigenvalue weighted by atomic mass is 16.5. The monoisotopic (exact) mass is 180 g/mol. The normalized spacial score (nSPS) is 27.5. The lowest BCUT2D eigenvalue weighted by Crippen LogP contribution is -2.29. The molecule has 1 aromatic heterocycles. The lowest BCUT2D eigenvalue weighted by molar-refractivity contribution is 0.0735. The first-order valence-corrected chi connectivity index (χ1v) is 4.32. The van der Waals surface area contributed by atoms with Crippen molar-refractivity contribution in [2.45, 2.75) is 12.2 Å². The molecule has 2 N–H and O–H groups in total. The van der Waals surface area contributed by atoms with Crippen molar-refractivity contribution in [3.8, 4) is 5.75 Å². The number of hydrogen-bond donors (Lipinski definition) is 2. The Balaban J connectivity index is 1.98. The van der Waals surface area contributed by atoms with Gasteiger partial charge >= 0.3 is 0 Å². The molecule has 70 valence electrons. The number of hydrogen-bond acceptors (Lipinski definition) is 4. The van der Waals surface area contributed by atoms with Crippen LogP contribution in [0.25, 0.3) is 0 Å². The van der Waals surface area contributed by atoms with Crippen molar-refractivity contribution < 1.29 is 9.84 Å². The number of ether oxygens (including phenoxy) is 1. The first-order chi connectivity index (χ1) is 6.36. The van der Waals surface area contributed by atoms with Crippen molar-refractivity contribution in [3.05, 3.63) is 24.5 Å². The molecule has 1 aliphatic heterocycles. The largest absolute Gasteiger partial charge is 0.485 e. The predicted octanol–water partition coefficient (Wildman–Crippen LogP) is -0.207. The Hall–Kier alpha value is -1.13. The second kappa shape index (κ2) is 3.72. The van der Waals surface area contributed by atoms with Crippen molar-refractivity contribution in [2.24, 2.45) is 0 Å². The number of pyridine rings is 1. The summed E-state index contributed by atoms with van der Waals surface area (Å²) in [6, 6.07) is 3.64. The molecule has 2 atom stereocenters. The van der Waals surface area contributed by atoms with Gasteiger partial charge in [-0.2, -0.15) is 0 Å². The fraction of sp³-hybridized carbons (Fsp3) is 0.444. The van der Waals surface area contributed by atoms with Crippen LogP contribution >= 0.6 is 0 Å². The van der Waals surface area contributed by atoms with Crippen molar-refractivity contribution >= 4 is 0 Å². The minimum atomic E-state index is -0.416. The van der Waals surface area contributed by atoms with Crippen molar-refractivity contribution in [1.29, 1.82) is 0 Å². The maximum Gasteiger partial charge on any atom is 0.138 e. The minimum absolute atomic E-state index is 0.149. The number of rotatable bonds is 2. The maximum atomic E-state index is 9.44. The molecular formula is C9H12N2O2. The van der Waals surface area contributed by atoms with E-state index in [2.05, 4.69) is 10.3 Å². The molecule has 0 aliphatic carbocycles. The summed E-state index contributed by atoms with van der Waals surface area (Å²) in [5.74, 6) is 0.704. The van der Waals surface area contributed by atoms with Crippen molar-refractivity contribution in [3.63, 3.8) is 0 Å². The third-order valence-corrected chi connectivity index (χ3v) is 2.05. The second-order valence-electron chi connectivity index (χ2n) is 3.07. The third kappa shape index (κ3) is 1.96. The fourth-order valence-electron chi connectivity index (χ4n) is 1.35. The van der Waals surface area contributed by atoms with E-state index < -0.39 is 6.10 Å². The van der Waals surface area contributed by atoms with E-state index in [1.807, 2.05) is 12.1 Å². The van der Waals surface area contributed by atoms with E-state index in [-0.39, 0.29) is 6.10 Å². The summed E-state index contributed by atoms with van der Waals surface area (Å²) in [6.45, 7) is 1.29. The van der Waals surface area contributed by atoms with Crippen LogP contribution in [0.2, 0.25) is 0 Å². The van der Waals surface area contributed by atoms with Gasteiger partial charge < -0.3 is 15.2 Å². The van der Waals surface area contributed by atoms with Gasteiger partial charge in [-0.15, -0.1) is 0 Å². The molecule has 0 radical (unpaired) electrons. The first kappa shape index (κ1) is 8.47.